The summed E-state index contributed by atoms with van der Waals surface area (Å²) in [6, 6.07) is 19.7. The Morgan fingerprint density at radius 1 is 1.13 bits per heavy atom. The van der Waals surface area contributed by atoms with E-state index in [0.717, 1.165) is 49.2 Å². The summed E-state index contributed by atoms with van der Waals surface area (Å²) in [5.41, 5.74) is 2.68. The van der Waals surface area contributed by atoms with Crippen molar-refractivity contribution < 1.29 is 9.84 Å². The highest BCUT2D eigenvalue weighted by molar-refractivity contribution is 9.10. The van der Waals surface area contributed by atoms with Crippen LogP contribution in [0.25, 0.3) is 22.4 Å². The van der Waals surface area contributed by atoms with E-state index in [4.69, 9.17) is 4.74 Å². The fourth-order valence-corrected chi connectivity index (χ4v) is 4.82. The van der Waals surface area contributed by atoms with Gasteiger partial charge in [0.1, 0.15) is 12.4 Å². The summed E-state index contributed by atoms with van der Waals surface area (Å²) >= 11 is 4.48. The molecular weight excluding hydrogens is 476 g/mol. The van der Waals surface area contributed by atoms with Gasteiger partial charge >= 0.3 is 4.87 Å². The topological polar surface area (TPSA) is 63.8 Å². The second-order valence-corrected chi connectivity index (χ2v) is 8.96. The molecule has 5 rings (SSSR count). The lowest BCUT2D eigenvalue weighted by atomic mass is 10.1. The van der Waals surface area contributed by atoms with Gasteiger partial charge in [0.25, 0.3) is 0 Å². The third-order valence-corrected chi connectivity index (χ3v) is 6.52. The lowest BCUT2D eigenvalue weighted by Crippen LogP contribution is -2.17. The summed E-state index contributed by atoms with van der Waals surface area (Å²) in [7, 11) is 0. The number of benzene rings is 3. The van der Waals surface area contributed by atoms with Crippen molar-refractivity contribution in [2.24, 2.45) is 4.99 Å². The number of allylic oxidation sites excluding steroid dienone is 1. The quantitative estimate of drug-likeness (QED) is 0.379. The van der Waals surface area contributed by atoms with Gasteiger partial charge in [0, 0.05) is 27.2 Å². The normalized spacial score (nSPS) is 13.8. The summed E-state index contributed by atoms with van der Waals surface area (Å²) < 4.78 is 8.22. The summed E-state index contributed by atoms with van der Waals surface area (Å²) in [6.45, 7) is 0.523. The number of hydrogen-bond acceptors (Lipinski definition) is 5. The van der Waals surface area contributed by atoms with Crippen LogP contribution in [0, 0.1) is 0 Å². The molecule has 1 aromatic heterocycles. The van der Waals surface area contributed by atoms with Gasteiger partial charge in [0.05, 0.1) is 17.1 Å². The molecule has 0 aliphatic carbocycles. The lowest BCUT2D eigenvalue weighted by molar-refractivity contribution is 0.289. The van der Waals surface area contributed by atoms with E-state index in [0.29, 0.717) is 4.88 Å². The van der Waals surface area contributed by atoms with Gasteiger partial charge in [-0.1, -0.05) is 63.7 Å². The SMILES string of the molecule is O=c1sc(/C=C2/C=Nc3ccc(Br)cc32)c(O)n1CCOc1cccc2ccccc12. The molecule has 154 valence electrons. The Morgan fingerprint density at radius 2 is 1.97 bits per heavy atom. The highest BCUT2D eigenvalue weighted by atomic mass is 79.9. The molecule has 3 aromatic carbocycles. The third kappa shape index (κ3) is 3.82. The molecule has 7 heteroatoms. The van der Waals surface area contributed by atoms with Crippen LogP contribution in [-0.4, -0.2) is 22.5 Å². The van der Waals surface area contributed by atoms with E-state index >= 15 is 0 Å². The predicted molar refractivity (Wildman–Crippen MR) is 130 cm³/mol. The van der Waals surface area contributed by atoms with Gasteiger partial charge in [-0.15, -0.1) is 0 Å². The van der Waals surface area contributed by atoms with E-state index in [9.17, 15) is 9.90 Å². The summed E-state index contributed by atoms with van der Waals surface area (Å²) in [5.74, 6) is 0.702. The molecule has 0 spiro atoms. The minimum Gasteiger partial charge on any atom is -0.493 e. The molecule has 0 saturated heterocycles. The first kappa shape index (κ1) is 19.8. The highest BCUT2D eigenvalue weighted by Crippen LogP contribution is 2.36. The second kappa shape index (κ2) is 8.17. The van der Waals surface area contributed by atoms with Crippen LogP contribution in [0.3, 0.4) is 0 Å². The molecule has 0 amide bonds. The van der Waals surface area contributed by atoms with Gasteiger partial charge < -0.3 is 9.84 Å². The number of halogens is 1. The smallest absolute Gasteiger partial charge is 0.310 e. The van der Waals surface area contributed by atoms with Crippen molar-refractivity contribution in [3.05, 3.63) is 85.2 Å². The van der Waals surface area contributed by atoms with Crippen molar-refractivity contribution in [1.82, 2.24) is 4.57 Å². The van der Waals surface area contributed by atoms with Crippen molar-refractivity contribution in [1.29, 1.82) is 0 Å². The maximum atomic E-state index is 12.5. The number of aromatic nitrogens is 1. The molecule has 1 aliphatic heterocycles. The van der Waals surface area contributed by atoms with Crippen LogP contribution >= 0.6 is 27.3 Å². The minimum absolute atomic E-state index is 0.0548. The molecule has 0 bridgehead atoms. The van der Waals surface area contributed by atoms with E-state index in [1.54, 1.807) is 12.3 Å². The first-order chi connectivity index (χ1) is 15.1. The molecule has 2 heterocycles. The molecule has 5 nitrogen and oxygen atoms in total. The molecule has 1 aliphatic rings. The van der Waals surface area contributed by atoms with Crippen molar-refractivity contribution in [3.8, 4) is 11.6 Å². The molecular formula is C24H17BrN2O3S. The minimum atomic E-state index is -0.227. The van der Waals surface area contributed by atoms with Crippen LogP contribution in [0.4, 0.5) is 5.69 Å². The standard InChI is InChI=1S/C24H17BrN2O3S/c25-17-8-9-20-19(13-17)16(14-26-20)12-22-23(28)27(24(29)31-22)10-11-30-21-7-3-5-15-4-1-2-6-18(15)21/h1-9,12-14,28H,10-11H2/b16-12-. The Balaban J connectivity index is 1.36. The number of fused-ring (bicyclic) bond motifs is 2. The second-order valence-electron chi connectivity index (χ2n) is 7.05. The van der Waals surface area contributed by atoms with E-state index in [1.165, 1.54) is 4.57 Å². The highest BCUT2D eigenvalue weighted by Gasteiger charge is 2.17. The van der Waals surface area contributed by atoms with Gasteiger partial charge in [-0.2, -0.15) is 0 Å². The first-order valence-electron chi connectivity index (χ1n) is 9.69. The zero-order chi connectivity index (χ0) is 21.4. The number of nitrogens with zero attached hydrogens (tertiary/aromatic N) is 2. The Bertz CT molecular complexity index is 1410. The van der Waals surface area contributed by atoms with Crippen LogP contribution in [-0.2, 0) is 6.54 Å². The summed E-state index contributed by atoms with van der Waals surface area (Å²) in [4.78, 5) is 17.2. The van der Waals surface area contributed by atoms with Crippen molar-refractivity contribution in [2.75, 3.05) is 6.61 Å². The Hall–Kier alpha value is -3.16. The summed E-state index contributed by atoms with van der Waals surface area (Å²) in [5, 5.41) is 12.8. The summed E-state index contributed by atoms with van der Waals surface area (Å²) in [6.07, 6.45) is 3.54. The Labute approximate surface area is 190 Å². The molecule has 0 radical (unpaired) electrons. The van der Waals surface area contributed by atoms with Gasteiger partial charge in [-0.25, -0.2) is 0 Å². The van der Waals surface area contributed by atoms with E-state index in [2.05, 4.69) is 20.9 Å². The van der Waals surface area contributed by atoms with Crippen LogP contribution in [0.1, 0.15) is 10.4 Å². The zero-order valence-electron chi connectivity index (χ0n) is 16.3. The monoisotopic (exact) mass is 492 g/mol. The lowest BCUT2D eigenvalue weighted by Gasteiger charge is -2.10. The average Bonchev–Trinajstić information content (AvgIpc) is 3.29. The van der Waals surface area contributed by atoms with Gasteiger partial charge in [-0.3, -0.25) is 14.4 Å². The fraction of sp³-hybridized carbons (Fsp3) is 0.0833. The fourth-order valence-electron chi connectivity index (χ4n) is 3.59. The molecule has 0 atom stereocenters. The average molecular weight is 493 g/mol. The number of aliphatic imine (C=N–C) groups is 1. The third-order valence-electron chi connectivity index (χ3n) is 5.11. The maximum absolute atomic E-state index is 12.5. The van der Waals surface area contributed by atoms with Gasteiger partial charge in [0.15, 0.2) is 0 Å². The predicted octanol–water partition coefficient (Wildman–Crippen LogP) is 5.87. The van der Waals surface area contributed by atoms with E-state index < -0.39 is 0 Å². The molecule has 4 aromatic rings. The van der Waals surface area contributed by atoms with Crippen LogP contribution < -0.4 is 9.61 Å². The van der Waals surface area contributed by atoms with Crippen molar-refractivity contribution in [2.45, 2.75) is 6.54 Å². The number of ether oxygens (including phenoxy) is 1. The number of rotatable bonds is 5. The van der Waals surface area contributed by atoms with Crippen LogP contribution in [0.2, 0.25) is 0 Å². The van der Waals surface area contributed by atoms with E-state index in [-0.39, 0.29) is 23.9 Å². The Morgan fingerprint density at radius 3 is 2.87 bits per heavy atom. The molecule has 0 unspecified atom stereocenters. The number of thiazole rings is 1. The van der Waals surface area contributed by atoms with Gasteiger partial charge in [-0.05, 0) is 35.7 Å². The van der Waals surface area contributed by atoms with Crippen LogP contribution in [0.15, 0.2) is 74.9 Å². The van der Waals surface area contributed by atoms with E-state index in [1.807, 2.05) is 60.7 Å². The molecule has 0 fully saturated rings. The van der Waals surface area contributed by atoms with Gasteiger partial charge in [0.2, 0.25) is 5.88 Å². The largest absolute Gasteiger partial charge is 0.493 e. The van der Waals surface area contributed by atoms with Crippen LogP contribution in [0.5, 0.6) is 11.6 Å². The van der Waals surface area contributed by atoms with Crippen molar-refractivity contribution >= 4 is 61.6 Å². The number of hydrogen-bond donors (Lipinski definition) is 1. The molecule has 1 N–H and O–H groups in total. The molecule has 0 saturated carbocycles. The first-order valence-corrected chi connectivity index (χ1v) is 11.3. The maximum Gasteiger partial charge on any atom is 0.310 e. The number of aromatic hydroxyl groups is 1. The zero-order valence-corrected chi connectivity index (χ0v) is 18.7. The molecule has 31 heavy (non-hydrogen) atoms. The van der Waals surface area contributed by atoms with Crippen molar-refractivity contribution in [3.63, 3.8) is 0 Å². The Kier molecular flexibility index (Phi) is 5.21.